The van der Waals surface area contributed by atoms with Gasteiger partial charge in [-0.3, -0.25) is 14.9 Å². The summed E-state index contributed by atoms with van der Waals surface area (Å²) < 4.78 is 0. The van der Waals surface area contributed by atoms with Crippen LogP contribution in [0.4, 0.5) is 0 Å². The summed E-state index contributed by atoms with van der Waals surface area (Å²) in [6.07, 6.45) is -0.616. The van der Waals surface area contributed by atoms with Crippen molar-refractivity contribution in [2.75, 3.05) is 6.54 Å². The third-order valence-corrected chi connectivity index (χ3v) is 4.03. The van der Waals surface area contributed by atoms with Gasteiger partial charge in [0.25, 0.3) is 0 Å². The van der Waals surface area contributed by atoms with E-state index in [9.17, 15) is 14.7 Å². The Kier molecular flexibility index (Phi) is 3.88. The number of rotatable bonds is 4. The van der Waals surface area contributed by atoms with Crippen LogP contribution in [-0.4, -0.2) is 34.9 Å². The van der Waals surface area contributed by atoms with E-state index < -0.39 is 11.6 Å². The van der Waals surface area contributed by atoms with Crippen LogP contribution in [0.1, 0.15) is 27.1 Å². The lowest BCUT2D eigenvalue weighted by Crippen LogP contribution is -2.54. The molecular weight excluding hydrogens is 278 g/mol. The van der Waals surface area contributed by atoms with Crippen LogP contribution < -0.4 is 5.32 Å². The van der Waals surface area contributed by atoms with Gasteiger partial charge in [0, 0.05) is 24.1 Å². The number of ketones is 2. The maximum absolute atomic E-state index is 12.9. The van der Waals surface area contributed by atoms with Crippen molar-refractivity contribution in [3.05, 3.63) is 71.8 Å². The van der Waals surface area contributed by atoms with E-state index >= 15 is 0 Å². The molecule has 0 amide bonds. The van der Waals surface area contributed by atoms with E-state index in [-0.39, 0.29) is 24.5 Å². The van der Waals surface area contributed by atoms with Crippen molar-refractivity contribution < 1.29 is 14.7 Å². The fraction of sp³-hybridized carbons (Fsp3) is 0.222. The number of carbonyl (C=O) groups is 2. The number of aliphatic hydroxyl groups excluding tert-OH is 1. The molecule has 4 heteroatoms. The molecule has 0 radical (unpaired) electrons. The zero-order valence-corrected chi connectivity index (χ0v) is 12.0. The first kappa shape index (κ1) is 14.6. The first-order valence-corrected chi connectivity index (χ1v) is 7.26. The van der Waals surface area contributed by atoms with Crippen molar-refractivity contribution in [1.29, 1.82) is 0 Å². The number of aliphatic hydroxyl groups is 1. The molecule has 3 rings (SSSR count). The van der Waals surface area contributed by atoms with Crippen LogP contribution in [0, 0.1) is 0 Å². The van der Waals surface area contributed by atoms with Gasteiger partial charge in [-0.2, -0.15) is 0 Å². The van der Waals surface area contributed by atoms with E-state index in [1.807, 2.05) is 12.1 Å². The molecule has 1 aliphatic rings. The van der Waals surface area contributed by atoms with Gasteiger partial charge < -0.3 is 5.11 Å². The number of carbonyl (C=O) groups excluding carboxylic acids is 2. The molecule has 4 nitrogen and oxygen atoms in total. The Balaban J connectivity index is 2.03. The first-order chi connectivity index (χ1) is 10.6. The van der Waals surface area contributed by atoms with E-state index in [1.165, 1.54) is 0 Å². The SMILES string of the molecule is O=C(c1ccccc1)C1(C(=O)c2ccccc2)C[C@H](O)CN1. The minimum Gasteiger partial charge on any atom is -0.392 e. The average molecular weight is 295 g/mol. The second kappa shape index (κ2) is 5.83. The lowest BCUT2D eigenvalue weighted by atomic mass is 9.81. The van der Waals surface area contributed by atoms with Crippen LogP contribution in [0.25, 0.3) is 0 Å². The molecule has 1 atom stereocenters. The van der Waals surface area contributed by atoms with Crippen molar-refractivity contribution in [2.45, 2.75) is 18.1 Å². The molecule has 1 aliphatic heterocycles. The normalized spacial score (nSPS) is 19.8. The second-order valence-electron chi connectivity index (χ2n) is 5.53. The van der Waals surface area contributed by atoms with Gasteiger partial charge in [0.2, 0.25) is 0 Å². The van der Waals surface area contributed by atoms with Gasteiger partial charge in [-0.15, -0.1) is 0 Å². The summed E-state index contributed by atoms with van der Waals surface area (Å²) in [6.45, 7) is 0.233. The summed E-state index contributed by atoms with van der Waals surface area (Å²) in [5, 5.41) is 12.9. The van der Waals surface area contributed by atoms with E-state index in [0.717, 1.165) is 0 Å². The van der Waals surface area contributed by atoms with Crippen molar-refractivity contribution in [2.24, 2.45) is 0 Å². The fourth-order valence-electron chi connectivity index (χ4n) is 2.91. The number of β-amino-alcohol motifs (C(OH)–C–C–N with tert-alkyl or cyclic N) is 1. The summed E-state index contributed by atoms with van der Waals surface area (Å²) in [5.41, 5.74) is -0.455. The zero-order chi connectivity index (χ0) is 15.6. The summed E-state index contributed by atoms with van der Waals surface area (Å²) in [6, 6.07) is 17.4. The summed E-state index contributed by atoms with van der Waals surface area (Å²) in [7, 11) is 0. The number of benzene rings is 2. The topological polar surface area (TPSA) is 66.4 Å². The Labute approximate surface area is 128 Å². The number of hydrogen-bond acceptors (Lipinski definition) is 4. The molecule has 0 spiro atoms. The lowest BCUT2D eigenvalue weighted by Gasteiger charge is -2.26. The van der Waals surface area contributed by atoms with E-state index in [4.69, 9.17) is 0 Å². The molecule has 22 heavy (non-hydrogen) atoms. The van der Waals surface area contributed by atoms with Gasteiger partial charge in [-0.05, 0) is 0 Å². The molecule has 0 bridgehead atoms. The van der Waals surface area contributed by atoms with Crippen LogP contribution in [0.2, 0.25) is 0 Å². The number of nitrogens with one attached hydrogen (secondary N) is 1. The van der Waals surface area contributed by atoms with Gasteiger partial charge in [0.05, 0.1) is 6.10 Å². The highest BCUT2D eigenvalue weighted by atomic mass is 16.3. The number of Topliss-reactive ketones (excluding diaryl/α,β-unsaturated/α-hetero) is 2. The van der Waals surface area contributed by atoms with Gasteiger partial charge in [0.15, 0.2) is 11.6 Å². The Morgan fingerprint density at radius 3 is 1.73 bits per heavy atom. The second-order valence-corrected chi connectivity index (χ2v) is 5.53. The molecule has 2 N–H and O–H groups in total. The highest BCUT2D eigenvalue weighted by Crippen LogP contribution is 2.28. The highest BCUT2D eigenvalue weighted by Gasteiger charge is 2.50. The van der Waals surface area contributed by atoms with E-state index in [1.54, 1.807) is 48.5 Å². The van der Waals surface area contributed by atoms with Gasteiger partial charge in [0.1, 0.15) is 5.54 Å². The summed E-state index contributed by atoms with van der Waals surface area (Å²) in [4.78, 5) is 25.9. The van der Waals surface area contributed by atoms with Crippen LogP contribution >= 0.6 is 0 Å². The molecule has 0 saturated carbocycles. The standard InChI is InChI=1S/C18H17NO3/c20-15-11-18(19-12-15,16(21)13-7-3-1-4-8-13)17(22)14-9-5-2-6-10-14/h1-10,15,19-20H,11-12H2/t15-/m0/s1. The van der Waals surface area contributed by atoms with E-state index in [2.05, 4.69) is 5.32 Å². The van der Waals surface area contributed by atoms with E-state index in [0.29, 0.717) is 11.1 Å². The molecule has 0 aromatic heterocycles. The number of hydrogen-bond donors (Lipinski definition) is 2. The molecule has 2 aromatic rings. The Morgan fingerprint density at radius 1 is 0.909 bits per heavy atom. The molecule has 1 heterocycles. The predicted octanol–water partition coefficient (Wildman–Crippen LogP) is 1.85. The Hall–Kier alpha value is -2.30. The first-order valence-electron chi connectivity index (χ1n) is 7.26. The van der Waals surface area contributed by atoms with Crippen LogP contribution in [0.3, 0.4) is 0 Å². The van der Waals surface area contributed by atoms with Crippen LogP contribution in [0.5, 0.6) is 0 Å². The van der Waals surface area contributed by atoms with Crippen molar-refractivity contribution in [3.8, 4) is 0 Å². The Bertz CT molecular complexity index is 630. The molecular formula is C18H17NO3. The molecule has 112 valence electrons. The third kappa shape index (κ3) is 2.47. The van der Waals surface area contributed by atoms with Gasteiger partial charge in [-0.1, -0.05) is 60.7 Å². The maximum Gasteiger partial charge on any atom is 0.190 e. The van der Waals surface area contributed by atoms with Crippen molar-refractivity contribution in [3.63, 3.8) is 0 Å². The van der Waals surface area contributed by atoms with Gasteiger partial charge in [-0.25, -0.2) is 0 Å². The quantitative estimate of drug-likeness (QED) is 0.667. The zero-order valence-electron chi connectivity index (χ0n) is 12.0. The summed E-state index contributed by atoms with van der Waals surface area (Å²) in [5.74, 6) is -0.586. The fourth-order valence-corrected chi connectivity index (χ4v) is 2.91. The molecule has 1 saturated heterocycles. The van der Waals surface area contributed by atoms with Crippen molar-refractivity contribution >= 4 is 11.6 Å². The average Bonchev–Trinajstić information content (AvgIpc) is 2.98. The van der Waals surface area contributed by atoms with Gasteiger partial charge >= 0.3 is 0 Å². The molecule has 2 aromatic carbocycles. The van der Waals surface area contributed by atoms with Crippen LogP contribution in [0.15, 0.2) is 60.7 Å². The highest BCUT2D eigenvalue weighted by molar-refractivity contribution is 6.23. The Morgan fingerprint density at radius 2 is 1.36 bits per heavy atom. The monoisotopic (exact) mass is 295 g/mol. The van der Waals surface area contributed by atoms with Crippen LogP contribution in [-0.2, 0) is 0 Å². The lowest BCUT2D eigenvalue weighted by molar-refractivity contribution is 0.0726. The minimum atomic E-state index is -1.39. The predicted molar refractivity (Wildman–Crippen MR) is 82.9 cm³/mol. The molecule has 0 aliphatic carbocycles. The molecule has 1 fully saturated rings. The molecule has 0 unspecified atom stereocenters. The maximum atomic E-state index is 12.9. The smallest absolute Gasteiger partial charge is 0.190 e. The minimum absolute atomic E-state index is 0.0917. The summed E-state index contributed by atoms with van der Waals surface area (Å²) >= 11 is 0. The van der Waals surface area contributed by atoms with Crippen molar-refractivity contribution in [1.82, 2.24) is 5.32 Å². The third-order valence-electron chi connectivity index (χ3n) is 4.03. The largest absolute Gasteiger partial charge is 0.392 e.